The summed E-state index contributed by atoms with van der Waals surface area (Å²) in [5.74, 6) is 1.05. The fraction of sp³-hybridized carbons (Fsp3) is 0.455. The maximum atomic E-state index is 8.54. The summed E-state index contributed by atoms with van der Waals surface area (Å²) in [5.41, 5.74) is 6.11. The van der Waals surface area contributed by atoms with Gasteiger partial charge in [-0.15, -0.1) is 0 Å². The van der Waals surface area contributed by atoms with Crippen LogP contribution in [0, 0.1) is 0 Å². The number of amidine groups is 1. The van der Waals surface area contributed by atoms with Crippen molar-refractivity contribution in [2.24, 2.45) is 10.9 Å². The second-order valence-electron chi connectivity index (χ2n) is 3.91. The van der Waals surface area contributed by atoms with Crippen LogP contribution in [-0.4, -0.2) is 28.6 Å². The van der Waals surface area contributed by atoms with Crippen LogP contribution in [0.2, 0.25) is 0 Å². The van der Waals surface area contributed by atoms with Crippen LogP contribution in [0.15, 0.2) is 23.5 Å². The van der Waals surface area contributed by atoms with Crippen molar-refractivity contribution in [3.63, 3.8) is 0 Å². The third-order valence-corrected chi connectivity index (χ3v) is 2.77. The molecular formula is C11H16N4O. The Morgan fingerprint density at radius 3 is 2.81 bits per heavy atom. The quantitative estimate of drug-likeness (QED) is 0.345. The van der Waals surface area contributed by atoms with E-state index in [1.54, 1.807) is 6.20 Å². The molecule has 0 aromatic carbocycles. The smallest absolute Gasteiger partial charge is 0.171 e. The fourth-order valence-corrected chi connectivity index (χ4v) is 1.76. The van der Waals surface area contributed by atoms with E-state index < -0.39 is 0 Å². The summed E-state index contributed by atoms with van der Waals surface area (Å²) < 4.78 is 0. The van der Waals surface area contributed by atoms with Gasteiger partial charge in [0.15, 0.2) is 5.84 Å². The van der Waals surface area contributed by atoms with Crippen molar-refractivity contribution in [3.05, 3.63) is 23.9 Å². The van der Waals surface area contributed by atoms with Gasteiger partial charge in [0.05, 0.1) is 0 Å². The van der Waals surface area contributed by atoms with E-state index in [9.17, 15) is 0 Å². The number of hydrogen-bond acceptors (Lipinski definition) is 4. The highest BCUT2D eigenvalue weighted by atomic mass is 16.4. The van der Waals surface area contributed by atoms with Crippen LogP contribution < -0.4 is 10.6 Å². The molecule has 0 unspecified atom stereocenters. The predicted octanol–water partition coefficient (Wildman–Crippen LogP) is 1.16. The van der Waals surface area contributed by atoms with Gasteiger partial charge in [-0.1, -0.05) is 5.16 Å². The highest BCUT2D eigenvalue weighted by Crippen LogP contribution is 2.30. The summed E-state index contributed by atoms with van der Waals surface area (Å²) in [5, 5.41) is 11.5. The number of hydrogen-bond donors (Lipinski definition) is 2. The lowest BCUT2D eigenvalue weighted by molar-refractivity contribution is 0.318. The van der Waals surface area contributed by atoms with Crippen molar-refractivity contribution in [1.82, 2.24) is 4.98 Å². The first-order chi connectivity index (χ1) is 7.76. The third-order valence-electron chi connectivity index (χ3n) is 2.77. The molecule has 1 aromatic heterocycles. The normalized spacial score (nSPS) is 16.2. The highest BCUT2D eigenvalue weighted by Gasteiger charge is 2.28. The van der Waals surface area contributed by atoms with Gasteiger partial charge in [0.2, 0.25) is 0 Å². The van der Waals surface area contributed by atoms with E-state index >= 15 is 0 Å². The standard InChI is InChI=1S/C11H16N4O/c1-2-15(9-4-5-9)10-6-3-8(7-13-10)11(12)14-16/h3,6-7,9,16H,2,4-5H2,1H3,(H2,12,14). The van der Waals surface area contributed by atoms with E-state index in [0.717, 1.165) is 12.4 Å². The minimum absolute atomic E-state index is 0.0912. The van der Waals surface area contributed by atoms with Crippen molar-refractivity contribution < 1.29 is 5.21 Å². The first-order valence-electron chi connectivity index (χ1n) is 5.47. The Morgan fingerprint density at radius 2 is 2.38 bits per heavy atom. The largest absolute Gasteiger partial charge is 0.409 e. The lowest BCUT2D eigenvalue weighted by Gasteiger charge is -2.21. The Morgan fingerprint density at radius 1 is 1.62 bits per heavy atom. The third kappa shape index (κ3) is 2.08. The van der Waals surface area contributed by atoms with Crippen LogP contribution in [0.3, 0.4) is 0 Å². The van der Waals surface area contributed by atoms with E-state index in [2.05, 4.69) is 22.0 Å². The van der Waals surface area contributed by atoms with E-state index in [1.165, 1.54) is 12.8 Å². The van der Waals surface area contributed by atoms with Gasteiger partial charge >= 0.3 is 0 Å². The Bertz CT molecular complexity index is 383. The molecule has 1 saturated carbocycles. The summed E-state index contributed by atoms with van der Waals surface area (Å²) in [6.07, 6.45) is 4.13. The van der Waals surface area contributed by atoms with Crippen molar-refractivity contribution in [2.45, 2.75) is 25.8 Å². The predicted molar refractivity (Wildman–Crippen MR) is 62.8 cm³/mol. The van der Waals surface area contributed by atoms with Gasteiger partial charge in [0.1, 0.15) is 5.82 Å². The van der Waals surface area contributed by atoms with E-state index in [0.29, 0.717) is 11.6 Å². The van der Waals surface area contributed by atoms with Gasteiger partial charge in [-0.2, -0.15) is 0 Å². The summed E-state index contributed by atoms with van der Waals surface area (Å²) in [6, 6.07) is 4.38. The van der Waals surface area contributed by atoms with Gasteiger partial charge < -0.3 is 15.8 Å². The topological polar surface area (TPSA) is 74.7 Å². The second-order valence-corrected chi connectivity index (χ2v) is 3.91. The van der Waals surface area contributed by atoms with Gasteiger partial charge in [-0.3, -0.25) is 0 Å². The fourth-order valence-electron chi connectivity index (χ4n) is 1.76. The molecule has 0 radical (unpaired) electrons. The molecule has 0 atom stereocenters. The monoisotopic (exact) mass is 220 g/mol. The molecule has 3 N–H and O–H groups in total. The van der Waals surface area contributed by atoms with Crippen molar-refractivity contribution in [1.29, 1.82) is 0 Å². The molecular weight excluding hydrogens is 204 g/mol. The number of anilines is 1. The lowest BCUT2D eigenvalue weighted by Crippen LogP contribution is -2.26. The molecule has 0 saturated heterocycles. The van der Waals surface area contributed by atoms with Crippen LogP contribution in [0.5, 0.6) is 0 Å². The average molecular weight is 220 g/mol. The number of aromatic nitrogens is 1. The zero-order valence-corrected chi connectivity index (χ0v) is 9.30. The van der Waals surface area contributed by atoms with E-state index in [-0.39, 0.29) is 5.84 Å². The maximum Gasteiger partial charge on any atom is 0.171 e. The Kier molecular flexibility index (Phi) is 2.94. The average Bonchev–Trinajstić information content (AvgIpc) is 3.14. The second kappa shape index (κ2) is 4.38. The molecule has 1 aromatic rings. The molecule has 1 aliphatic rings. The Hall–Kier alpha value is -1.78. The SMILES string of the molecule is CCN(c1ccc(/C(N)=N/O)cn1)C1CC1. The van der Waals surface area contributed by atoms with Crippen LogP contribution in [0.25, 0.3) is 0 Å². The minimum atomic E-state index is 0.0912. The molecule has 0 amide bonds. The minimum Gasteiger partial charge on any atom is -0.409 e. The van der Waals surface area contributed by atoms with Gasteiger partial charge in [-0.25, -0.2) is 4.98 Å². The molecule has 5 nitrogen and oxygen atoms in total. The van der Waals surface area contributed by atoms with Crippen LogP contribution in [-0.2, 0) is 0 Å². The van der Waals surface area contributed by atoms with E-state index in [1.807, 2.05) is 12.1 Å². The van der Waals surface area contributed by atoms with E-state index in [4.69, 9.17) is 10.9 Å². The molecule has 1 aliphatic carbocycles. The highest BCUT2D eigenvalue weighted by molar-refractivity contribution is 5.96. The number of oxime groups is 1. The van der Waals surface area contributed by atoms with Gasteiger partial charge in [0, 0.05) is 24.3 Å². The van der Waals surface area contributed by atoms with Gasteiger partial charge in [-0.05, 0) is 31.9 Å². The molecule has 86 valence electrons. The molecule has 0 bridgehead atoms. The summed E-state index contributed by atoms with van der Waals surface area (Å²) in [4.78, 5) is 6.61. The molecule has 5 heteroatoms. The first-order valence-corrected chi connectivity index (χ1v) is 5.47. The van der Waals surface area contributed by atoms with Crippen molar-refractivity contribution in [2.75, 3.05) is 11.4 Å². The Balaban J connectivity index is 2.17. The summed E-state index contributed by atoms with van der Waals surface area (Å²) in [6.45, 7) is 3.08. The number of rotatable bonds is 4. The zero-order valence-electron chi connectivity index (χ0n) is 9.30. The van der Waals surface area contributed by atoms with Crippen molar-refractivity contribution in [3.8, 4) is 0 Å². The first kappa shape index (κ1) is 10.7. The molecule has 1 heterocycles. The number of nitrogens with two attached hydrogens (primary N) is 1. The van der Waals surface area contributed by atoms with Crippen LogP contribution in [0.1, 0.15) is 25.3 Å². The lowest BCUT2D eigenvalue weighted by atomic mass is 10.2. The molecule has 0 spiro atoms. The Labute approximate surface area is 94.6 Å². The number of nitrogens with zero attached hydrogens (tertiary/aromatic N) is 3. The number of pyridine rings is 1. The van der Waals surface area contributed by atoms with Gasteiger partial charge in [0.25, 0.3) is 0 Å². The maximum absolute atomic E-state index is 8.54. The zero-order chi connectivity index (χ0) is 11.5. The summed E-state index contributed by atoms with van der Waals surface area (Å²) in [7, 11) is 0. The van der Waals surface area contributed by atoms with Crippen molar-refractivity contribution >= 4 is 11.7 Å². The van der Waals surface area contributed by atoms with Crippen LogP contribution in [0.4, 0.5) is 5.82 Å². The summed E-state index contributed by atoms with van der Waals surface area (Å²) >= 11 is 0. The molecule has 16 heavy (non-hydrogen) atoms. The molecule has 1 fully saturated rings. The molecule has 0 aliphatic heterocycles. The molecule has 2 rings (SSSR count). The van der Waals surface area contributed by atoms with Crippen LogP contribution >= 0.6 is 0 Å².